The number of carboxylic acid groups (broad SMARTS) is 1. The molecule has 42 heavy (non-hydrogen) atoms. The van der Waals surface area contributed by atoms with Gasteiger partial charge in [-0.05, 0) is 59.2 Å². The number of aliphatic carboxylic acids is 1. The number of benzene rings is 4. The Morgan fingerprint density at radius 3 is 2.14 bits per heavy atom. The molecule has 0 N–H and O–H groups in total. The van der Waals surface area contributed by atoms with E-state index in [9.17, 15) is 14.7 Å². The fourth-order valence-electron chi connectivity index (χ4n) is 4.44. The van der Waals surface area contributed by atoms with Gasteiger partial charge in [0.25, 0.3) is 0 Å². The normalized spacial score (nSPS) is 11.3. The Morgan fingerprint density at radius 2 is 1.45 bits per heavy atom. The summed E-state index contributed by atoms with van der Waals surface area (Å²) in [5.41, 5.74) is 3.30. The van der Waals surface area contributed by atoms with Gasteiger partial charge in [0.1, 0.15) is 23.4 Å². The monoisotopic (exact) mass is 588 g/mol. The molecule has 5 aromatic rings. The standard InChI is InChI=1S/C32H26N2O6S.Na/c1-38-28-15-11-23(18-29(28)39-2)31(35)25(30(32(36)37)22-10-14-26-27(17-22)34-41-33-26)16-20-8-12-24(13-9-20)40-19-21-6-4-3-5-7-21;/h3-15,17-18H,16,19H2,1-2H3,(H,36,37);/q;+1/p-1. The molecule has 0 unspecified atom stereocenters. The number of ketones is 1. The number of carbonyl (C=O) groups excluding carboxylic acids is 2. The first-order valence-electron chi connectivity index (χ1n) is 12.7. The molecule has 1 heterocycles. The molecule has 10 heteroatoms. The first-order valence-corrected chi connectivity index (χ1v) is 13.4. The van der Waals surface area contributed by atoms with E-state index in [1.54, 1.807) is 42.5 Å². The smallest absolute Gasteiger partial charge is 0.545 e. The van der Waals surface area contributed by atoms with Crippen molar-refractivity contribution in [2.24, 2.45) is 0 Å². The van der Waals surface area contributed by atoms with E-state index in [-0.39, 0.29) is 52.7 Å². The summed E-state index contributed by atoms with van der Waals surface area (Å²) in [6.45, 7) is 0.409. The zero-order valence-corrected chi connectivity index (χ0v) is 26.1. The van der Waals surface area contributed by atoms with Crippen molar-refractivity contribution in [2.75, 3.05) is 14.2 Å². The predicted octanol–water partition coefficient (Wildman–Crippen LogP) is 1.92. The maximum absolute atomic E-state index is 14.0. The topological polar surface area (TPSA) is 111 Å². The molecule has 0 aliphatic carbocycles. The molecular formula is C32H25N2NaO6S. The van der Waals surface area contributed by atoms with Gasteiger partial charge in [-0.25, -0.2) is 0 Å². The molecule has 0 atom stereocenters. The van der Waals surface area contributed by atoms with Gasteiger partial charge in [-0.15, -0.1) is 0 Å². The minimum Gasteiger partial charge on any atom is -0.545 e. The summed E-state index contributed by atoms with van der Waals surface area (Å²) < 4.78 is 25.0. The zero-order valence-electron chi connectivity index (χ0n) is 23.3. The third-order valence-electron chi connectivity index (χ3n) is 6.52. The van der Waals surface area contributed by atoms with Gasteiger partial charge in [-0.1, -0.05) is 48.5 Å². The molecule has 5 rings (SSSR count). The van der Waals surface area contributed by atoms with Crippen LogP contribution in [0.5, 0.6) is 17.2 Å². The number of methoxy groups -OCH3 is 2. The molecule has 0 spiro atoms. The molecule has 1 aromatic heterocycles. The second-order valence-corrected chi connectivity index (χ2v) is 9.63. The van der Waals surface area contributed by atoms with Crippen LogP contribution in [0.1, 0.15) is 27.0 Å². The summed E-state index contributed by atoms with van der Waals surface area (Å²) >= 11 is 1.02. The largest absolute Gasteiger partial charge is 1.00 e. The van der Waals surface area contributed by atoms with Crippen LogP contribution >= 0.6 is 11.7 Å². The number of carbonyl (C=O) groups is 2. The van der Waals surface area contributed by atoms with Gasteiger partial charge in [0.05, 0.1) is 31.9 Å². The maximum atomic E-state index is 14.0. The van der Waals surface area contributed by atoms with Crippen LogP contribution in [0.25, 0.3) is 16.6 Å². The third kappa shape index (κ3) is 7.06. The van der Waals surface area contributed by atoms with Crippen LogP contribution < -0.4 is 48.9 Å². The first-order chi connectivity index (χ1) is 20.0. The number of ether oxygens (including phenoxy) is 3. The van der Waals surface area contributed by atoms with Crippen molar-refractivity contribution in [2.45, 2.75) is 13.0 Å². The van der Waals surface area contributed by atoms with Crippen LogP contribution in [0.4, 0.5) is 0 Å². The summed E-state index contributed by atoms with van der Waals surface area (Å²) in [7, 11) is 2.96. The van der Waals surface area contributed by atoms with Gasteiger partial charge in [-0.2, -0.15) is 8.75 Å². The Hall–Kier alpha value is -4.02. The second kappa shape index (κ2) is 14.2. The van der Waals surface area contributed by atoms with Crippen molar-refractivity contribution in [3.63, 3.8) is 0 Å². The first kappa shape index (κ1) is 30.9. The van der Waals surface area contributed by atoms with Gasteiger partial charge in [0.15, 0.2) is 17.3 Å². The summed E-state index contributed by atoms with van der Waals surface area (Å²) in [6, 6.07) is 26.6. The van der Waals surface area contributed by atoms with Crippen LogP contribution in [0.15, 0.2) is 96.6 Å². The van der Waals surface area contributed by atoms with E-state index in [0.29, 0.717) is 40.5 Å². The number of hydrogen-bond acceptors (Lipinski definition) is 9. The fourth-order valence-corrected chi connectivity index (χ4v) is 4.95. The average Bonchev–Trinajstić information content (AvgIpc) is 3.48. The Labute approximate surface area is 269 Å². The van der Waals surface area contributed by atoms with E-state index in [1.165, 1.54) is 20.3 Å². The molecule has 0 fully saturated rings. The Kier molecular flexibility index (Phi) is 10.5. The Balaban J connectivity index is 0.00000405. The molecular weight excluding hydrogens is 563 g/mol. The van der Waals surface area contributed by atoms with E-state index < -0.39 is 11.8 Å². The van der Waals surface area contributed by atoms with Gasteiger partial charge in [0, 0.05) is 23.1 Å². The molecule has 0 aliphatic heterocycles. The van der Waals surface area contributed by atoms with Crippen LogP contribution in [-0.4, -0.2) is 34.7 Å². The van der Waals surface area contributed by atoms with Crippen LogP contribution in [0, 0.1) is 0 Å². The number of aromatic nitrogens is 2. The molecule has 0 bridgehead atoms. The Bertz CT molecular complexity index is 1740. The predicted molar refractivity (Wildman–Crippen MR) is 154 cm³/mol. The quantitative estimate of drug-likeness (QED) is 0.131. The molecule has 0 amide bonds. The van der Waals surface area contributed by atoms with Crippen molar-refractivity contribution >= 4 is 40.1 Å². The van der Waals surface area contributed by atoms with E-state index in [2.05, 4.69) is 8.75 Å². The number of hydrogen-bond donors (Lipinski definition) is 0. The van der Waals surface area contributed by atoms with Crippen molar-refractivity contribution in [3.8, 4) is 17.2 Å². The summed E-state index contributed by atoms with van der Waals surface area (Å²) in [5.74, 6) is -0.508. The van der Waals surface area contributed by atoms with E-state index >= 15 is 0 Å². The molecule has 8 nitrogen and oxygen atoms in total. The maximum Gasteiger partial charge on any atom is 1.00 e. The summed E-state index contributed by atoms with van der Waals surface area (Å²) in [5, 5.41) is 12.6. The van der Waals surface area contributed by atoms with E-state index in [0.717, 1.165) is 22.9 Å². The van der Waals surface area contributed by atoms with Crippen LogP contribution in [0.2, 0.25) is 0 Å². The van der Waals surface area contributed by atoms with Gasteiger partial charge in [-0.3, -0.25) is 4.79 Å². The van der Waals surface area contributed by atoms with Crippen molar-refractivity contribution < 1.29 is 58.5 Å². The number of nitrogens with zero attached hydrogens (tertiary/aromatic N) is 2. The fraction of sp³-hybridized carbons (Fsp3) is 0.125. The zero-order chi connectivity index (χ0) is 28.8. The summed E-state index contributed by atoms with van der Waals surface area (Å²) in [4.78, 5) is 26.6. The van der Waals surface area contributed by atoms with Gasteiger partial charge < -0.3 is 24.1 Å². The summed E-state index contributed by atoms with van der Waals surface area (Å²) in [6.07, 6.45) is 0.0306. The number of Topliss-reactive ketones (excluding diaryl/α,β-unsaturated/α-hetero) is 1. The molecule has 0 saturated heterocycles. The molecule has 0 aliphatic rings. The molecule has 206 valence electrons. The van der Waals surface area contributed by atoms with E-state index in [1.807, 2.05) is 42.5 Å². The molecule has 4 aromatic carbocycles. The van der Waals surface area contributed by atoms with Crippen molar-refractivity contribution in [1.29, 1.82) is 0 Å². The van der Waals surface area contributed by atoms with Crippen molar-refractivity contribution in [1.82, 2.24) is 8.75 Å². The van der Waals surface area contributed by atoms with Crippen LogP contribution in [-0.2, 0) is 17.8 Å². The molecule has 0 saturated carbocycles. The number of carboxylic acids is 1. The Morgan fingerprint density at radius 1 is 0.762 bits per heavy atom. The van der Waals surface area contributed by atoms with Gasteiger partial charge in [0.2, 0.25) is 0 Å². The third-order valence-corrected chi connectivity index (χ3v) is 7.08. The minimum absolute atomic E-state index is 0. The second-order valence-electron chi connectivity index (χ2n) is 9.10. The number of allylic oxidation sites excluding steroid dienone is 1. The average molecular weight is 589 g/mol. The van der Waals surface area contributed by atoms with Crippen LogP contribution in [0.3, 0.4) is 0 Å². The number of rotatable bonds is 11. The van der Waals surface area contributed by atoms with Crippen molar-refractivity contribution in [3.05, 3.63) is 119 Å². The number of fused-ring (bicyclic) bond motifs is 1. The SMILES string of the molecule is COc1ccc(C(=O)C(Cc2ccc(OCc3ccccc3)cc2)=C(C(=O)[O-])c2ccc3nsnc3c2)cc1OC.[Na+]. The minimum atomic E-state index is -1.47. The van der Waals surface area contributed by atoms with E-state index in [4.69, 9.17) is 14.2 Å². The van der Waals surface area contributed by atoms with Gasteiger partial charge >= 0.3 is 29.6 Å². The molecule has 0 radical (unpaired) electrons.